The number of ether oxygens (including phenoxy) is 3. The Kier molecular flexibility index (Phi) is 6.88. The Morgan fingerprint density at radius 3 is 2.67 bits per heavy atom. The van der Waals surface area contributed by atoms with Gasteiger partial charge in [-0.1, -0.05) is 17.7 Å². The fourth-order valence-electron chi connectivity index (χ4n) is 4.38. The molecule has 1 N–H and O–H groups in total. The first-order valence-corrected chi connectivity index (χ1v) is 11.3. The molecule has 1 saturated heterocycles. The van der Waals surface area contributed by atoms with Crippen molar-refractivity contribution in [3.05, 3.63) is 64.5 Å². The van der Waals surface area contributed by atoms with Crippen LogP contribution in [0.2, 0.25) is 0 Å². The molecule has 2 aromatic carbocycles. The van der Waals surface area contributed by atoms with Gasteiger partial charge in [-0.3, -0.25) is 4.90 Å². The number of fused-ring (bicyclic) bond motifs is 1. The molecular formula is C26H30FNO5. The van der Waals surface area contributed by atoms with Gasteiger partial charge in [0, 0.05) is 19.6 Å². The van der Waals surface area contributed by atoms with Gasteiger partial charge in [0.15, 0.2) is 11.6 Å². The number of allylic oxidation sites excluding steroid dienone is 1. The third kappa shape index (κ3) is 5.66. The summed E-state index contributed by atoms with van der Waals surface area (Å²) in [5.41, 5.74) is 5.87. The van der Waals surface area contributed by atoms with E-state index < -0.39 is 6.16 Å². The van der Waals surface area contributed by atoms with Crippen molar-refractivity contribution >= 4 is 11.7 Å². The van der Waals surface area contributed by atoms with Crippen molar-refractivity contribution in [3.8, 4) is 11.5 Å². The van der Waals surface area contributed by atoms with Crippen LogP contribution in [0.15, 0.2) is 42.0 Å². The Bertz CT molecular complexity index is 1060. The third-order valence-electron chi connectivity index (χ3n) is 6.08. The number of carbonyl (C=O) groups is 1. The number of hydrogen-bond acceptors (Lipinski definition) is 5. The molecule has 33 heavy (non-hydrogen) atoms. The summed E-state index contributed by atoms with van der Waals surface area (Å²) < 4.78 is 30.4. The van der Waals surface area contributed by atoms with Gasteiger partial charge in [-0.25, -0.2) is 9.18 Å². The van der Waals surface area contributed by atoms with E-state index in [1.165, 1.54) is 28.3 Å². The normalized spacial score (nSPS) is 16.4. The number of likely N-dealkylation sites (tertiary alicyclic amines) is 1. The summed E-state index contributed by atoms with van der Waals surface area (Å²) in [6.07, 6.45) is 0.390. The zero-order chi connectivity index (χ0) is 23.5. The number of carboxylic acid groups (broad SMARTS) is 1. The van der Waals surface area contributed by atoms with Crippen LogP contribution >= 0.6 is 0 Å². The fourth-order valence-corrected chi connectivity index (χ4v) is 4.38. The van der Waals surface area contributed by atoms with Crippen LogP contribution in [0, 0.1) is 5.82 Å². The number of benzene rings is 2. The van der Waals surface area contributed by atoms with E-state index in [2.05, 4.69) is 24.0 Å². The van der Waals surface area contributed by atoms with Crippen LogP contribution in [0.3, 0.4) is 0 Å². The molecule has 0 spiro atoms. The summed E-state index contributed by atoms with van der Waals surface area (Å²) in [4.78, 5) is 12.8. The Morgan fingerprint density at radius 1 is 1.18 bits per heavy atom. The average molecular weight is 456 g/mol. The molecule has 6 nitrogen and oxygen atoms in total. The van der Waals surface area contributed by atoms with E-state index in [4.69, 9.17) is 19.3 Å². The molecule has 0 aromatic heterocycles. The molecule has 1 aliphatic heterocycles. The molecule has 7 heteroatoms. The van der Waals surface area contributed by atoms with Crippen LogP contribution in [0.1, 0.15) is 43.9 Å². The van der Waals surface area contributed by atoms with Gasteiger partial charge in [0.1, 0.15) is 18.5 Å². The minimum absolute atomic E-state index is 0.0797. The van der Waals surface area contributed by atoms with Crippen molar-refractivity contribution < 1.29 is 28.5 Å². The summed E-state index contributed by atoms with van der Waals surface area (Å²) in [7, 11) is 0. The SMILES string of the molecule is CC1=C(CN2CC(OC(=O)O)C2)CCc2cc(OCc3ccc(OC(C)C)c(F)c3)ccc21. The van der Waals surface area contributed by atoms with Crippen LogP contribution in [-0.2, 0) is 17.8 Å². The van der Waals surface area contributed by atoms with Crippen LogP contribution in [0.4, 0.5) is 9.18 Å². The van der Waals surface area contributed by atoms with Crippen molar-refractivity contribution in [1.82, 2.24) is 4.90 Å². The lowest BCUT2D eigenvalue weighted by Crippen LogP contribution is -2.53. The van der Waals surface area contributed by atoms with Crippen molar-refractivity contribution in [1.29, 1.82) is 0 Å². The zero-order valence-corrected chi connectivity index (χ0v) is 19.3. The van der Waals surface area contributed by atoms with Gasteiger partial charge in [-0.05, 0) is 80.1 Å². The highest BCUT2D eigenvalue weighted by Gasteiger charge is 2.31. The molecule has 2 aromatic rings. The average Bonchev–Trinajstić information content (AvgIpc) is 2.73. The molecule has 1 fully saturated rings. The van der Waals surface area contributed by atoms with E-state index in [9.17, 15) is 9.18 Å². The van der Waals surface area contributed by atoms with E-state index in [0.29, 0.717) is 13.1 Å². The third-order valence-corrected chi connectivity index (χ3v) is 6.08. The summed E-state index contributed by atoms with van der Waals surface area (Å²) in [5.74, 6) is 0.639. The second kappa shape index (κ2) is 9.83. The molecule has 0 radical (unpaired) electrons. The van der Waals surface area contributed by atoms with Crippen LogP contribution < -0.4 is 9.47 Å². The molecule has 0 unspecified atom stereocenters. The molecule has 1 aliphatic carbocycles. The molecule has 2 aliphatic rings. The first kappa shape index (κ1) is 23.1. The molecule has 0 amide bonds. The first-order valence-electron chi connectivity index (χ1n) is 11.3. The highest BCUT2D eigenvalue weighted by Crippen LogP contribution is 2.34. The molecule has 176 valence electrons. The van der Waals surface area contributed by atoms with Gasteiger partial charge in [0.2, 0.25) is 0 Å². The predicted octanol–water partition coefficient (Wildman–Crippen LogP) is 5.29. The van der Waals surface area contributed by atoms with Crippen molar-refractivity contribution in [2.24, 2.45) is 0 Å². The Labute approximate surface area is 193 Å². The Balaban J connectivity index is 1.36. The molecular weight excluding hydrogens is 425 g/mol. The minimum Gasteiger partial charge on any atom is -0.489 e. The van der Waals surface area contributed by atoms with Gasteiger partial charge >= 0.3 is 6.16 Å². The number of rotatable bonds is 8. The maximum atomic E-state index is 14.2. The topological polar surface area (TPSA) is 68.2 Å². The van der Waals surface area contributed by atoms with Crippen LogP contribution in [0.25, 0.3) is 5.57 Å². The molecule has 0 atom stereocenters. The lowest BCUT2D eigenvalue weighted by Gasteiger charge is -2.39. The monoisotopic (exact) mass is 455 g/mol. The highest BCUT2D eigenvalue weighted by molar-refractivity contribution is 5.72. The lowest BCUT2D eigenvalue weighted by molar-refractivity contribution is -0.0292. The van der Waals surface area contributed by atoms with Gasteiger partial charge in [0.05, 0.1) is 6.10 Å². The van der Waals surface area contributed by atoms with Crippen LogP contribution in [0.5, 0.6) is 11.5 Å². The van der Waals surface area contributed by atoms with Crippen molar-refractivity contribution in [2.75, 3.05) is 19.6 Å². The van der Waals surface area contributed by atoms with E-state index >= 15 is 0 Å². The number of nitrogens with zero attached hydrogens (tertiary/aromatic N) is 1. The second-order valence-corrected chi connectivity index (χ2v) is 8.97. The number of halogens is 1. The van der Waals surface area contributed by atoms with Crippen molar-refractivity contribution in [3.63, 3.8) is 0 Å². The van der Waals surface area contributed by atoms with E-state index in [1.54, 1.807) is 6.07 Å². The maximum absolute atomic E-state index is 14.2. The molecule has 0 bridgehead atoms. The molecule has 0 saturated carbocycles. The highest BCUT2D eigenvalue weighted by atomic mass is 19.1. The quantitative estimate of drug-likeness (QED) is 0.546. The number of hydrogen-bond donors (Lipinski definition) is 1. The minimum atomic E-state index is -1.21. The maximum Gasteiger partial charge on any atom is 0.506 e. The van der Waals surface area contributed by atoms with Gasteiger partial charge in [0.25, 0.3) is 0 Å². The van der Waals surface area contributed by atoms with E-state index in [1.807, 2.05) is 26.0 Å². The smallest absolute Gasteiger partial charge is 0.489 e. The van der Waals surface area contributed by atoms with Crippen molar-refractivity contribution in [2.45, 2.75) is 52.4 Å². The summed E-state index contributed by atoms with van der Waals surface area (Å²) in [6, 6.07) is 11.0. The Morgan fingerprint density at radius 2 is 1.97 bits per heavy atom. The lowest BCUT2D eigenvalue weighted by atomic mass is 9.85. The molecule has 1 heterocycles. The van der Waals surface area contributed by atoms with Gasteiger partial charge < -0.3 is 19.3 Å². The largest absolute Gasteiger partial charge is 0.506 e. The fraction of sp³-hybridized carbons (Fsp3) is 0.423. The number of aryl methyl sites for hydroxylation is 1. The zero-order valence-electron chi connectivity index (χ0n) is 19.3. The van der Waals surface area contributed by atoms with Gasteiger partial charge in [-0.2, -0.15) is 0 Å². The Hall–Kier alpha value is -3.06. The standard InChI is InChI=1S/C26H30FNO5/c1-16(2)32-25-9-4-18(10-24(25)27)15-31-21-7-8-23-17(3)20(6-5-19(23)11-21)12-28-13-22(14-28)33-26(29)30/h4,7-11,16,22H,5-6,12-15H2,1-3H3,(H,29,30). The second-order valence-electron chi connectivity index (χ2n) is 8.97. The summed E-state index contributed by atoms with van der Waals surface area (Å²) >= 11 is 0. The van der Waals surface area contributed by atoms with E-state index in [-0.39, 0.29) is 30.4 Å². The summed E-state index contributed by atoms with van der Waals surface area (Å²) in [5, 5.41) is 8.70. The van der Waals surface area contributed by atoms with Gasteiger partial charge in [-0.15, -0.1) is 0 Å². The first-order chi connectivity index (χ1) is 15.8. The predicted molar refractivity (Wildman–Crippen MR) is 123 cm³/mol. The summed E-state index contributed by atoms with van der Waals surface area (Å²) in [6.45, 7) is 8.29. The molecule has 4 rings (SSSR count). The van der Waals surface area contributed by atoms with E-state index in [0.717, 1.165) is 30.7 Å². The van der Waals surface area contributed by atoms with Crippen LogP contribution in [-0.4, -0.2) is 48.0 Å².